The molecule has 1 aliphatic rings. The molecule has 8 nitrogen and oxygen atoms in total. The number of piperazine rings is 1. The van der Waals surface area contributed by atoms with Crippen molar-refractivity contribution in [2.24, 2.45) is 0 Å². The Morgan fingerprint density at radius 2 is 1.82 bits per heavy atom. The Morgan fingerprint density at radius 1 is 1.07 bits per heavy atom. The Bertz CT molecular complexity index is 966. The molecule has 0 unspecified atom stereocenters. The summed E-state index contributed by atoms with van der Waals surface area (Å²) in [6, 6.07) is 9.51. The molecule has 0 aliphatic carbocycles. The van der Waals surface area contributed by atoms with Crippen molar-refractivity contribution in [2.75, 3.05) is 37.7 Å². The highest BCUT2D eigenvalue weighted by atomic mass is 32.1. The SMILES string of the molecule is CCOc1ccccc1-c1nn(CN2CCN(c3ncccn3)CC2)c(=S)o1. The summed E-state index contributed by atoms with van der Waals surface area (Å²) in [5.74, 6) is 1.99. The van der Waals surface area contributed by atoms with E-state index in [0.29, 0.717) is 24.0 Å². The number of anilines is 1. The third-order valence-corrected chi connectivity index (χ3v) is 4.86. The number of hydrogen-bond acceptors (Lipinski definition) is 8. The Labute approximate surface area is 168 Å². The zero-order chi connectivity index (χ0) is 19.3. The molecule has 28 heavy (non-hydrogen) atoms. The van der Waals surface area contributed by atoms with E-state index in [1.807, 2.05) is 37.3 Å². The second-order valence-electron chi connectivity index (χ2n) is 6.40. The van der Waals surface area contributed by atoms with Gasteiger partial charge in [0.15, 0.2) is 0 Å². The number of rotatable bonds is 6. The van der Waals surface area contributed by atoms with Crippen LogP contribution in [0.5, 0.6) is 5.75 Å². The van der Waals surface area contributed by atoms with E-state index in [1.54, 1.807) is 17.1 Å². The second-order valence-corrected chi connectivity index (χ2v) is 6.75. The molecule has 0 spiro atoms. The molecule has 2 aromatic heterocycles. The van der Waals surface area contributed by atoms with Gasteiger partial charge in [0.25, 0.3) is 10.7 Å². The van der Waals surface area contributed by atoms with Gasteiger partial charge in [-0.15, -0.1) is 5.10 Å². The van der Waals surface area contributed by atoms with Crippen LogP contribution in [0.4, 0.5) is 5.95 Å². The average molecular weight is 398 g/mol. The van der Waals surface area contributed by atoms with Crippen molar-refractivity contribution in [3.63, 3.8) is 0 Å². The topological polar surface area (TPSA) is 72.5 Å². The van der Waals surface area contributed by atoms with E-state index >= 15 is 0 Å². The molecule has 1 aromatic carbocycles. The van der Waals surface area contributed by atoms with E-state index in [-0.39, 0.29) is 0 Å². The van der Waals surface area contributed by atoms with Gasteiger partial charge in [-0.25, -0.2) is 14.6 Å². The summed E-state index contributed by atoms with van der Waals surface area (Å²) in [7, 11) is 0. The second kappa shape index (κ2) is 8.49. The van der Waals surface area contributed by atoms with Crippen molar-refractivity contribution in [2.45, 2.75) is 13.6 Å². The van der Waals surface area contributed by atoms with Crippen LogP contribution < -0.4 is 9.64 Å². The monoisotopic (exact) mass is 398 g/mol. The number of benzene rings is 1. The first kappa shape index (κ1) is 18.6. The highest BCUT2D eigenvalue weighted by Gasteiger charge is 2.20. The van der Waals surface area contributed by atoms with Crippen LogP contribution >= 0.6 is 12.2 Å². The van der Waals surface area contributed by atoms with E-state index in [0.717, 1.165) is 43.4 Å². The predicted octanol–water partition coefficient (Wildman–Crippen LogP) is 2.84. The first-order valence-corrected chi connectivity index (χ1v) is 9.70. The van der Waals surface area contributed by atoms with Gasteiger partial charge in [-0.2, -0.15) is 0 Å². The molecule has 9 heteroatoms. The van der Waals surface area contributed by atoms with Gasteiger partial charge in [0.05, 0.1) is 18.8 Å². The van der Waals surface area contributed by atoms with Crippen LogP contribution in [0.25, 0.3) is 11.5 Å². The standard InChI is InChI=1S/C19H22N6O2S/c1-2-26-16-7-4-3-6-15(16)17-22-25(19(28)27-17)14-23-10-12-24(13-11-23)18-20-8-5-9-21-18/h3-9H,2,10-14H2,1H3. The Morgan fingerprint density at radius 3 is 2.57 bits per heavy atom. The molecule has 3 aromatic rings. The molecule has 0 saturated carbocycles. The van der Waals surface area contributed by atoms with E-state index < -0.39 is 0 Å². The van der Waals surface area contributed by atoms with Crippen molar-refractivity contribution < 1.29 is 9.15 Å². The molecule has 1 saturated heterocycles. The molecule has 4 rings (SSSR count). The number of aromatic nitrogens is 4. The largest absolute Gasteiger partial charge is 0.493 e. The van der Waals surface area contributed by atoms with Crippen LogP contribution in [-0.4, -0.2) is 57.4 Å². The molecule has 1 aliphatic heterocycles. The fourth-order valence-corrected chi connectivity index (χ4v) is 3.34. The minimum atomic E-state index is 0.357. The highest BCUT2D eigenvalue weighted by Crippen LogP contribution is 2.28. The molecular weight excluding hydrogens is 376 g/mol. The Hall–Kier alpha value is -2.78. The fraction of sp³-hybridized carbons (Fsp3) is 0.368. The van der Waals surface area contributed by atoms with Gasteiger partial charge in [-0.05, 0) is 37.3 Å². The van der Waals surface area contributed by atoms with Gasteiger partial charge < -0.3 is 14.1 Å². The van der Waals surface area contributed by atoms with E-state index in [1.165, 1.54) is 0 Å². The summed E-state index contributed by atoms with van der Waals surface area (Å²) in [5.41, 5.74) is 0.806. The minimum Gasteiger partial charge on any atom is -0.493 e. The van der Waals surface area contributed by atoms with Crippen LogP contribution in [-0.2, 0) is 6.67 Å². The van der Waals surface area contributed by atoms with Gasteiger partial charge in [0.2, 0.25) is 5.95 Å². The van der Waals surface area contributed by atoms with E-state index in [4.69, 9.17) is 21.4 Å². The molecule has 1 fully saturated rings. The number of para-hydroxylation sites is 1. The molecule has 3 heterocycles. The lowest BCUT2D eigenvalue weighted by Crippen LogP contribution is -2.47. The molecule has 0 bridgehead atoms. The van der Waals surface area contributed by atoms with Crippen molar-refractivity contribution in [3.8, 4) is 17.2 Å². The van der Waals surface area contributed by atoms with Crippen molar-refractivity contribution in [1.29, 1.82) is 0 Å². The first-order valence-electron chi connectivity index (χ1n) is 9.29. The van der Waals surface area contributed by atoms with E-state index in [2.05, 4.69) is 24.9 Å². The van der Waals surface area contributed by atoms with Crippen molar-refractivity contribution in [3.05, 3.63) is 47.6 Å². The predicted molar refractivity (Wildman–Crippen MR) is 108 cm³/mol. The van der Waals surface area contributed by atoms with Crippen LogP contribution in [0, 0.1) is 4.84 Å². The molecule has 146 valence electrons. The maximum absolute atomic E-state index is 5.75. The van der Waals surface area contributed by atoms with Gasteiger partial charge >= 0.3 is 0 Å². The third-order valence-electron chi connectivity index (χ3n) is 4.56. The van der Waals surface area contributed by atoms with Gasteiger partial charge in [0, 0.05) is 38.6 Å². The third kappa shape index (κ3) is 4.05. The van der Waals surface area contributed by atoms with Crippen LogP contribution in [0.1, 0.15) is 6.92 Å². The summed E-state index contributed by atoms with van der Waals surface area (Å²) in [6.07, 6.45) is 3.54. The number of hydrogen-bond donors (Lipinski definition) is 0. The fourth-order valence-electron chi connectivity index (χ4n) is 3.16. The van der Waals surface area contributed by atoms with Crippen molar-refractivity contribution in [1.82, 2.24) is 24.6 Å². The zero-order valence-electron chi connectivity index (χ0n) is 15.7. The number of ether oxygens (including phenoxy) is 1. The normalized spacial score (nSPS) is 15.0. The Kier molecular flexibility index (Phi) is 5.63. The zero-order valence-corrected chi connectivity index (χ0v) is 16.5. The number of nitrogens with zero attached hydrogens (tertiary/aromatic N) is 6. The lowest BCUT2D eigenvalue weighted by Gasteiger charge is -2.34. The molecule has 0 atom stereocenters. The Balaban J connectivity index is 1.44. The van der Waals surface area contributed by atoms with Gasteiger partial charge in [-0.1, -0.05) is 12.1 Å². The summed E-state index contributed by atoms with van der Waals surface area (Å²) in [4.78, 5) is 13.5. The van der Waals surface area contributed by atoms with E-state index in [9.17, 15) is 0 Å². The van der Waals surface area contributed by atoms with Gasteiger partial charge in [-0.3, -0.25) is 4.90 Å². The maximum Gasteiger partial charge on any atom is 0.288 e. The summed E-state index contributed by atoms with van der Waals surface area (Å²) in [6.45, 7) is 6.57. The van der Waals surface area contributed by atoms with Crippen LogP contribution in [0.3, 0.4) is 0 Å². The smallest absolute Gasteiger partial charge is 0.288 e. The van der Waals surface area contributed by atoms with Gasteiger partial charge in [0.1, 0.15) is 5.75 Å². The lowest BCUT2D eigenvalue weighted by molar-refractivity contribution is 0.191. The van der Waals surface area contributed by atoms with Crippen LogP contribution in [0.2, 0.25) is 0 Å². The minimum absolute atomic E-state index is 0.357. The highest BCUT2D eigenvalue weighted by molar-refractivity contribution is 7.71. The quantitative estimate of drug-likeness (QED) is 0.587. The lowest BCUT2D eigenvalue weighted by atomic mass is 10.2. The summed E-state index contributed by atoms with van der Waals surface area (Å²) < 4.78 is 13.1. The average Bonchev–Trinajstić information content (AvgIpc) is 3.10. The van der Waals surface area contributed by atoms with Crippen LogP contribution in [0.15, 0.2) is 47.1 Å². The summed E-state index contributed by atoms with van der Waals surface area (Å²) >= 11 is 5.38. The van der Waals surface area contributed by atoms with Crippen molar-refractivity contribution >= 4 is 18.2 Å². The first-order chi connectivity index (χ1) is 13.7. The molecule has 0 radical (unpaired) electrons. The summed E-state index contributed by atoms with van der Waals surface area (Å²) in [5, 5.41) is 4.58. The molecule has 0 amide bonds. The maximum atomic E-state index is 5.75. The molecular formula is C19H22N6O2S. The molecule has 0 N–H and O–H groups in total.